The molecule has 1 atom stereocenters. The number of piperidine rings is 1. The Morgan fingerprint density at radius 1 is 1.08 bits per heavy atom. The average molecular weight is 340 g/mol. The third-order valence-corrected chi connectivity index (χ3v) is 5.94. The molecule has 0 bridgehead atoms. The first-order valence-electron chi connectivity index (χ1n) is 9.24. The summed E-state index contributed by atoms with van der Waals surface area (Å²) in [6.07, 6.45) is 4.91. The van der Waals surface area contributed by atoms with E-state index in [2.05, 4.69) is 5.32 Å². The van der Waals surface area contributed by atoms with Gasteiger partial charge in [-0.15, -0.1) is 0 Å². The molecule has 3 aliphatic rings. The summed E-state index contributed by atoms with van der Waals surface area (Å²) in [6, 6.07) is 9.97. The second-order valence-corrected chi connectivity index (χ2v) is 7.78. The van der Waals surface area contributed by atoms with Crippen LogP contribution in [0.3, 0.4) is 0 Å². The van der Waals surface area contributed by atoms with Gasteiger partial charge in [-0.05, 0) is 43.1 Å². The lowest BCUT2D eigenvalue weighted by Gasteiger charge is -2.32. The SMILES string of the molecule is O=C(Cc1ccccc1)NC1CC12CCN(C(=O)C(=O)C1CC1)CC2. The maximum Gasteiger partial charge on any atom is 0.290 e. The number of hydrogen-bond acceptors (Lipinski definition) is 3. The molecule has 1 heterocycles. The molecule has 5 heteroatoms. The molecule has 25 heavy (non-hydrogen) atoms. The van der Waals surface area contributed by atoms with Crippen LogP contribution in [0.5, 0.6) is 0 Å². The van der Waals surface area contributed by atoms with Crippen molar-refractivity contribution in [3.63, 3.8) is 0 Å². The number of likely N-dealkylation sites (tertiary alicyclic amines) is 1. The van der Waals surface area contributed by atoms with Crippen LogP contribution in [-0.2, 0) is 20.8 Å². The van der Waals surface area contributed by atoms with Gasteiger partial charge in [0.15, 0.2) is 0 Å². The van der Waals surface area contributed by atoms with Crippen LogP contribution in [-0.4, -0.2) is 41.6 Å². The molecule has 1 aliphatic heterocycles. The summed E-state index contributed by atoms with van der Waals surface area (Å²) in [4.78, 5) is 38.0. The first-order chi connectivity index (χ1) is 12.1. The third kappa shape index (κ3) is 3.46. The zero-order valence-corrected chi connectivity index (χ0v) is 14.4. The summed E-state index contributed by atoms with van der Waals surface area (Å²) in [5.41, 5.74) is 1.17. The minimum absolute atomic E-state index is 0.00525. The number of ketones is 1. The molecule has 3 fully saturated rings. The maximum atomic E-state index is 12.2. The van der Waals surface area contributed by atoms with Crippen LogP contribution in [0, 0.1) is 11.3 Å². The van der Waals surface area contributed by atoms with Gasteiger partial charge in [0.1, 0.15) is 0 Å². The Hall–Kier alpha value is -2.17. The summed E-state index contributed by atoms with van der Waals surface area (Å²) >= 11 is 0. The second-order valence-electron chi connectivity index (χ2n) is 7.78. The van der Waals surface area contributed by atoms with Crippen molar-refractivity contribution in [1.82, 2.24) is 10.2 Å². The van der Waals surface area contributed by atoms with Crippen molar-refractivity contribution in [1.29, 1.82) is 0 Å². The minimum Gasteiger partial charge on any atom is -0.353 e. The minimum atomic E-state index is -0.289. The van der Waals surface area contributed by atoms with E-state index in [-0.39, 0.29) is 35.0 Å². The summed E-state index contributed by atoms with van der Waals surface area (Å²) in [6.45, 7) is 1.28. The van der Waals surface area contributed by atoms with Gasteiger partial charge in [-0.2, -0.15) is 0 Å². The smallest absolute Gasteiger partial charge is 0.290 e. The number of carbonyl (C=O) groups excluding carboxylic acids is 3. The van der Waals surface area contributed by atoms with E-state index in [9.17, 15) is 14.4 Å². The van der Waals surface area contributed by atoms with Gasteiger partial charge in [-0.25, -0.2) is 0 Å². The quantitative estimate of drug-likeness (QED) is 0.830. The number of amides is 2. The number of rotatable bonds is 5. The lowest BCUT2D eigenvalue weighted by Crippen LogP contribution is -2.44. The molecule has 1 spiro atoms. The fraction of sp³-hybridized carbons (Fsp3) is 0.550. The monoisotopic (exact) mass is 340 g/mol. The highest BCUT2D eigenvalue weighted by atomic mass is 16.2. The highest BCUT2D eigenvalue weighted by Gasteiger charge is 2.56. The van der Waals surface area contributed by atoms with Crippen molar-refractivity contribution in [2.75, 3.05) is 13.1 Å². The zero-order valence-electron chi connectivity index (χ0n) is 14.4. The molecule has 1 aromatic rings. The van der Waals surface area contributed by atoms with E-state index < -0.39 is 0 Å². The largest absolute Gasteiger partial charge is 0.353 e. The number of carbonyl (C=O) groups is 3. The highest BCUT2D eigenvalue weighted by Crippen LogP contribution is 2.54. The topological polar surface area (TPSA) is 66.5 Å². The molecule has 0 aromatic heterocycles. The Morgan fingerprint density at radius 2 is 1.76 bits per heavy atom. The molecule has 4 rings (SSSR count). The first-order valence-corrected chi connectivity index (χ1v) is 9.24. The summed E-state index contributed by atoms with van der Waals surface area (Å²) in [5.74, 6) is -0.424. The van der Waals surface area contributed by atoms with Crippen molar-refractivity contribution in [2.24, 2.45) is 11.3 Å². The van der Waals surface area contributed by atoms with Crippen molar-refractivity contribution >= 4 is 17.6 Å². The van der Waals surface area contributed by atoms with Gasteiger partial charge in [0.25, 0.3) is 5.91 Å². The standard InChI is InChI=1S/C20H24N2O3/c23-17(12-14-4-2-1-3-5-14)21-16-13-20(16)8-10-22(11-9-20)19(25)18(24)15-6-7-15/h1-5,15-16H,6-13H2,(H,21,23). The predicted octanol–water partition coefficient (Wildman–Crippen LogP) is 1.71. The van der Waals surface area contributed by atoms with E-state index in [1.54, 1.807) is 4.90 Å². The molecular weight excluding hydrogens is 316 g/mol. The van der Waals surface area contributed by atoms with E-state index in [0.717, 1.165) is 37.7 Å². The molecule has 132 valence electrons. The van der Waals surface area contributed by atoms with Gasteiger partial charge in [0, 0.05) is 25.0 Å². The lowest BCUT2D eigenvalue weighted by atomic mass is 9.92. The van der Waals surface area contributed by atoms with Gasteiger partial charge in [-0.1, -0.05) is 30.3 Å². The zero-order chi connectivity index (χ0) is 17.4. The molecule has 2 saturated carbocycles. The van der Waals surface area contributed by atoms with Gasteiger partial charge >= 0.3 is 0 Å². The summed E-state index contributed by atoms with van der Waals surface area (Å²) < 4.78 is 0. The van der Waals surface area contributed by atoms with Crippen LogP contribution in [0.1, 0.15) is 37.7 Å². The Bertz CT molecular complexity index is 688. The van der Waals surface area contributed by atoms with Crippen LogP contribution >= 0.6 is 0 Å². The van der Waals surface area contributed by atoms with Crippen molar-refractivity contribution < 1.29 is 14.4 Å². The number of nitrogens with one attached hydrogen (secondary N) is 1. The van der Waals surface area contributed by atoms with Gasteiger partial charge in [0.2, 0.25) is 11.7 Å². The molecule has 2 amide bonds. The van der Waals surface area contributed by atoms with E-state index in [0.29, 0.717) is 19.5 Å². The van der Waals surface area contributed by atoms with E-state index in [1.807, 2.05) is 30.3 Å². The number of Topliss-reactive ketones (excluding diaryl/α,β-unsaturated/α-hetero) is 1. The summed E-state index contributed by atoms with van der Waals surface area (Å²) in [7, 11) is 0. The van der Waals surface area contributed by atoms with Gasteiger partial charge < -0.3 is 10.2 Å². The normalized spacial score (nSPS) is 24.0. The van der Waals surface area contributed by atoms with Gasteiger partial charge in [-0.3, -0.25) is 14.4 Å². The van der Waals surface area contributed by atoms with Crippen LogP contribution in [0.15, 0.2) is 30.3 Å². The van der Waals surface area contributed by atoms with E-state index in [1.165, 1.54) is 0 Å². The molecule has 1 N–H and O–H groups in total. The number of benzene rings is 1. The molecule has 1 saturated heterocycles. The van der Waals surface area contributed by atoms with Crippen LogP contribution in [0.4, 0.5) is 0 Å². The number of hydrogen-bond donors (Lipinski definition) is 1. The molecule has 1 unspecified atom stereocenters. The second kappa shape index (κ2) is 6.28. The Balaban J connectivity index is 1.25. The third-order valence-electron chi connectivity index (χ3n) is 5.94. The molecule has 2 aliphatic carbocycles. The Labute approximate surface area is 147 Å². The average Bonchev–Trinajstić information content (AvgIpc) is 3.54. The molecule has 0 radical (unpaired) electrons. The number of nitrogens with zero attached hydrogens (tertiary/aromatic N) is 1. The lowest BCUT2D eigenvalue weighted by molar-refractivity contribution is -0.146. The highest BCUT2D eigenvalue weighted by molar-refractivity contribution is 6.37. The Kier molecular flexibility index (Phi) is 4.10. The Morgan fingerprint density at radius 3 is 2.40 bits per heavy atom. The van der Waals surface area contributed by atoms with Gasteiger partial charge in [0.05, 0.1) is 6.42 Å². The fourth-order valence-corrected chi connectivity index (χ4v) is 3.96. The molecule has 1 aromatic carbocycles. The summed E-state index contributed by atoms with van der Waals surface area (Å²) in [5, 5.41) is 3.15. The fourth-order valence-electron chi connectivity index (χ4n) is 3.96. The van der Waals surface area contributed by atoms with E-state index >= 15 is 0 Å². The van der Waals surface area contributed by atoms with Crippen molar-refractivity contribution in [3.8, 4) is 0 Å². The van der Waals surface area contributed by atoms with Crippen LogP contribution in [0.25, 0.3) is 0 Å². The molecular formula is C20H24N2O3. The molecule has 5 nitrogen and oxygen atoms in total. The first kappa shape index (κ1) is 16.3. The van der Waals surface area contributed by atoms with Crippen molar-refractivity contribution in [2.45, 2.75) is 44.6 Å². The maximum absolute atomic E-state index is 12.2. The predicted molar refractivity (Wildman–Crippen MR) is 92.7 cm³/mol. The van der Waals surface area contributed by atoms with Crippen molar-refractivity contribution in [3.05, 3.63) is 35.9 Å². The van der Waals surface area contributed by atoms with Crippen LogP contribution in [0.2, 0.25) is 0 Å². The van der Waals surface area contributed by atoms with E-state index in [4.69, 9.17) is 0 Å². The van der Waals surface area contributed by atoms with Crippen LogP contribution < -0.4 is 5.32 Å².